The monoisotopic (exact) mass is 221 g/mol. The van der Waals surface area contributed by atoms with E-state index in [4.69, 9.17) is 5.73 Å². The first-order valence-corrected chi connectivity index (χ1v) is 5.84. The van der Waals surface area contributed by atoms with Crippen LogP contribution in [0.25, 0.3) is 0 Å². The van der Waals surface area contributed by atoms with E-state index in [1.807, 2.05) is 24.3 Å². The zero-order chi connectivity index (χ0) is 11.6. The molecular formula is C13H19NO2. The third-order valence-corrected chi connectivity index (χ3v) is 3.43. The van der Waals surface area contributed by atoms with E-state index in [1.165, 1.54) is 0 Å². The number of nitrogens with two attached hydrogens (primary N) is 1. The Bertz CT molecular complexity index is 349. The van der Waals surface area contributed by atoms with Gasteiger partial charge in [0, 0.05) is 13.0 Å². The van der Waals surface area contributed by atoms with E-state index >= 15 is 0 Å². The molecule has 2 rings (SSSR count). The van der Waals surface area contributed by atoms with Crippen molar-refractivity contribution in [1.82, 2.24) is 0 Å². The van der Waals surface area contributed by atoms with Crippen LogP contribution in [0.5, 0.6) is 0 Å². The van der Waals surface area contributed by atoms with Crippen LogP contribution in [0, 0.1) is 0 Å². The molecule has 2 unspecified atom stereocenters. The Morgan fingerprint density at radius 1 is 1.31 bits per heavy atom. The average Bonchev–Trinajstić information content (AvgIpc) is 2.29. The Morgan fingerprint density at radius 2 is 2.00 bits per heavy atom. The van der Waals surface area contributed by atoms with Gasteiger partial charge < -0.3 is 15.9 Å². The van der Waals surface area contributed by atoms with E-state index < -0.39 is 5.60 Å². The smallest absolute Gasteiger partial charge is 0.0921 e. The molecule has 16 heavy (non-hydrogen) atoms. The van der Waals surface area contributed by atoms with Crippen molar-refractivity contribution in [3.8, 4) is 0 Å². The molecule has 0 radical (unpaired) electrons. The molecule has 1 aliphatic carbocycles. The van der Waals surface area contributed by atoms with Gasteiger partial charge in [-0.05, 0) is 30.4 Å². The molecule has 1 aromatic carbocycles. The molecular weight excluding hydrogens is 202 g/mol. The molecule has 0 heterocycles. The Kier molecular flexibility index (Phi) is 3.28. The summed E-state index contributed by atoms with van der Waals surface area (Å²) in [5.41, 5.74) is 6.63. The second kappa shape index (κ2) is 4.53. The lowest BCUT2D eigenvalue weighted by molar-refractivity contribution is -0.0498. The van der Waals surface area contributed by atoms with Gasteiger partial charge in [-0.15, -0.1) is 0 Å². The molecule has 0 amide bonds. The van der Waals surface area contributed by atoms with Gasteiger partial charge in [0.1, 0.15) is 0 Å². The van der Waals surface area contributed by atoms with Gasteiger partial charge in [0.05, 0.1) is 11.7 Å². The maximum atomic E-state index is 10.5. The third kappa shape index (κ3) is 2.26. The topological polar surface area (TPSA) is 66.5 Å². The normalized spacial score (nSPS) is 30.3. The van der Waals surface area contributed by atoms with Crippen LogP contribution in [-0.2, 0) is 12.1 Å². The van der Waals surface area contributed by atoms with E-state index in [-0.39, 0.29) is 6.10 Å². The van der Waals surface area contributed by atoms with Crippen molar-refractivity contribution in [1.29, 1.82) is 0 Å². The fourth-order valence-corrected chi connectivity index (χ4v) is 2.44. The van der Waals surface area contributed by atoms with Crippen LogP contribution in [0.4, 0.5) is 0 Å². The molecule has 0 aromatic heterocycles. The second-order valence-corrected chi connectivity index (χ2v) is 4.68. The number of rotatable bonds is 2. The predicted molar refractivity (Wildman–Crippen MR) is 62.7 cm³/mol. The summed E-state index contributed by atoms with van der Waals surface area (Å²) in [5.74, 6) is 0. The van der Waals surface area contributed by atoms with Crippen molar-refractivity contribution in [2.45, 2.75) is 43.9 Å². The molecule has 0 spiro atoms. The lowest BCUT2D eigenvalue weighted by atomic mass is 9.78. The first kappa shape index (κ1) is 11.6. The summed E-state index contributed by atoms with van der Waals surface area (Å²) in [6.07, 6.45) is 2.45. The fraction of sp³-hybridized carbons (Fsp3) is 0.538. The Balaban J connectivity index is 2.20. The van der Waals surface area contributed by atoms with Crippen molar-refractivity contribution < 1.29 is 10.2 Å². The average molecular weight is 221 g/mol. The summed E-state index contributed by atoms with van der Waals surface area (Å²) in [5, 5.41) is 20.1. The predicted octanol–water partition coefficient (Wildman–Crippen LogP) is 1.27. The zero-order valence-corrected chi connectivity index (χ0v) is 9.39. The molecule has 1 aromatic rings. The van der Waals surface area contributed by atoms with Gasteiger partial charge in [0.25, 0.3) is 0 Å². The SMILES string of the molecule is NCc1ccc(C2(O)CCCC(O)C2)cc1. The first-order valence-electron chi connectivity index (χ1n) is 5.84. The highest BCUT2D eigenvalue weighted by Gasteiger charge is 2.34. The molecule has 0 aliphatic heterocycles. The summed E-state index contributed by atoms with van der Waals surface area (Å²) >= 11 is 0. The highest BCUT2D eigenvalue weighted by molar-refractivity contribution is 5.27. The van der Waals surface area contributed by atoms with E-state index in [0.29, 0.717) is 13.0 Å². The van der Waals surface area contributed by atoms with Gasteiger partial charge in [0.2, 0.25) is 0 Å². The van der Waals surface area contributed by atoms with Crippen molar-refractivity contribution in [3.63, 3.8) is 0 Å². The summed E-state index contributed by atoms with van der Waals surface area (Å²) in [4.78, 5) is 0. The number of hydrogen-bond acceptors (Lipinski definition) is 3. The molecule has 4 N–H and O–H groups in total. The van der Waals surface area contributed by atoms with E-state index in [2.05, 4.69) is 0 Å². The van der Waals surface area contributed by atoms with E-state index in [1.54, 1.807) is 0 Å². The second-order valence-electron chi connectivity index (χ2n) is 4.68. The van der Waals surface area contributed by atoms with Crippen LogP contribution in [0.3, 0.4) is 0 Å². The number of hydrogen-bond donors (Lipinski definition) is 3. The lowest BCUT2D eigenvalue weighted by Gasteiger charge is -2.35. The standard InChI is InChI=1S/C13H19NO2/c14-9-10-3-5-11(6-4-10)13(16)7-1-2-12(15)8-13/h3-6,12,15-16H,1-2,7-9,14H2. The van der Waals surface area contributed by atoms with Crippen molar-refractivity contribution >= 4 is 0 Å². The van der Waals surface area contributed by atoms with Gasteiger partial charge in [-0.25, -0.2) is 0 Å². The maximum absolute atomic E-state index is 10.5. The zero-order valence-electron chi connectivity index (χ0n) is 9.39. The molecule has 88 valence electrons. The minimum atomic E-state index is -0.856. The first-order chi connectivity index (χ1) is 7.64. The molecule has 1 saturated carbocycles. The summed E-state index contributed by atoms with van der Waals surface area (Å²) in [6.45, 7) is 0.515. The van der Waals surface area contributed by atoms with Gasteiger partial charge in [0.15, 0.2) is 0 Å². The number of aliphatic hydroxyl groups excluding tert-OH is 1. The van der Waals surface area contributed by atoms with Gasteiger partial charge in [-0.2, -0.15) is 0 Å². The maximum Gasteiger partial charge on any atom is 0.0921 e. The van der Waals surface area contributed by atoms with Crippen LogP contribution < -0.4 is 5.73 Å². The van der Waals surface area contributed by atoms with Crippen molar-refractivity contribution in [2.24, 2.45) is 5.73 Å². The Labute approximate surface area is 95.9 Å². The van der Waals surface area contributed by atoms with Crippen LogP contribution >= 0.6 is 0 Å². The van der Waals surface area contributed by atoms with Gasteiger partial charge in [-0.3, -0.25) is 0 Å². The Hall–Kier alpha value is -0.900. The molecule has 3 heteroatoms. The molecule has 1 fully saturated rings. The van der Waals surface area contributed by atoms with Crippen LogP contribution in [0.2, 0.25) is 0 Å². The van der Waals surface area contributed by atoms with E-state index in [0.717, 1.165) is 30.4 Å². The number of aliphatic hydroxyl groups is 2. The number of benzene rings is 1. The molecule has 0 saturated heterocycles. The van der Waals surface area contributed by atoms with Gasteiger partial charge in [-0.1, -0.05) is 24.3 Å². The van der Waals surface area contributed by atoms with Gasteiger partial charge >= 0.3 is 0 Å². The molecule has 0 bridgehead atoms. The van der Waals surface area contributed by atoms with Crippen LogP contribution in [0.15, 0.2) is 24.3 Å². The minimum absolute atomic E-state index is 0.382. The van der Waals surface area contributed by atoms with Crippen molar-refractivity contribution in [3.05, 3.63) is 35.4 Å². The minimum Gasteiger partial charge on any atom is -0.393 e. The van der Waals surface area contributed by atoms with Crippen LogP contribution in [-0.4, -0.2) is 16.3 Å². The molecule has 3 nitrogen and oxygen atoms in total. The largest absolute Gasteiger partial charge is 0.393 e. The van der Waals surface area contributed by atoms with E-state index in [9.17, 15) is 10.2 Å². The fourth-order valence-electron chi connectivity index (χ4n) is 2.44. The molecule has 1 aliphatic rings. The van der Waals surface area contributed by atoms with Crippen molar-refractivity contribution in [2.75, 3.05) is 0 Å². The highest BCUT2D eigenvalue weighted by Crippen LogP contribution is 2.37. The lowest BCUT2D eigenvalue weighted by Crippen LogP contribution is -2.35. The highest BCUT2D eigenvalue weighted by atomic mass is 16.3. The molecule has 2 atom stereocenters. The summed E-state index contributed by atoms with van der Waals surface area (Å²) in [7, 11) is 0. The quantitative estimate of drug-likeness (QED) is 0.704. The van der Waals surface area contributed by atoms with Crippen LogP contribution in [0.1, 0.15) is 36.8 Å². The Morgan fingerprint density at radius 3 is 2.56 bits per heavy atom. The third-order valence-electron chi connectivity index (χ3n) is 3.43. The summed E-state index contributed by atoms with van der Waals surface area (Å²) < 4.78 is 0. The summed E-state index contributed by atoms with van der Waals surface area (Å²) in [6, 6.07) is 7.71.